The van der Waals surface area contributed by atoms with Crippen LogP contribution in [-0.4, -0.2) is 65.0 Å². The summed E-state index contributed by atoms with van der Waals surface area (Å²) < 4.78 is 14.1. The molecule has 4 rings (SSSR count). The van der Waals surface area contributed by atoms with Gasteiger partial charge in [0.1, 0.15) is 11.8 Å². The van der Waals surface area contributed by atoms with E-state index in [0.717, 1.165) is 25.7 Å². The van der Waals surface area contributed by atoms with Gasteiger partial charge in [0.25, 0.3) is 0 Å². The van der Waals surface area contributed by atoms with Gasteiger partial charge in [-0.25, -0.2) is 14.4 Å². The number of piperidine rings is 1. The van der Waals surface area contributed by atoms with Gasteiger partial charge in [0.05, 0.1) is 18.2 Å². The third kappa shape index (κ3) is 5.70. The molecule has 4 aliphatic rings. The van der Waals surface area contributed by atoms with Crippen LogP contribution in [0.15, 0.2) is 33.9 Å². The predicted molar refractivity (Wildman–Crippen MR) is 133 cm³/mol. The third-order valence-electron chi connectivity index (χ3n) is 7.44. The monoisotopic (exact) mass is 485 g/mol. The first-order valence-electron chi connectivity index (χ1n) is 12.8. The minimum atomic E-state index is -1.33. The molecule has 3 amide bonds. The van der Waals surface area contributed by atoms with Gasteiger partial charge in [0.15, 0.2) is 12.0 Å². The van der Waals surface area contributed by atoms with Crippen molar-refractivity contribution in [3.8, 4) is 0 Å². The molecule has 2 N–H and O–H groups in total. The van der Waals surface area contributed by atoms with Gasteiger partial charge in [0.2, 0.25) is 17.7 Å². The second-order valence-electron chi connectivity index (χ2n) is 10.5. The molecular weight excluding hydrogens is 449 g/mol. The van der Waals surface area contributed by atoms with E-state index in [-0.39, 0.29) is 35.9 Å². The second-order valence-corrected chi connectivity index (χ2v) is 10.5. The molecule has 9 heteroatoms. The molecule has 1 saturated carbocycles. The first-order valence-corrected chi connectivity index (χ1v) is 12.8. The molecule has 2 aliphatic carbocycles. The van der Waals surface area contributed by atoms with E-state index in [9.17, 15) is 18.8 Å². The molecule has 0 radical (unpaired) electrons. The lowest BCUT2D eigenvalue weighted by Gasteiger charge is -2.34. The van der Waals surface area contributed by atoms with Crippen molar-refractivity contribution in [2.24, 2.45) is 27.7 Å². The van der Waals surface area contributed by atoms with Gasteiger partial charge in [-0.1, -0.05) is 19.9 Å². The maximum absolute atomic E-state index is 14.1. The van der Waals surface area contributed by atoms with Crippen molar-refractivity contribution in [3.63, 3.8) is 0 Å². The lowest BCUT2D eigenvalue weighted by molar-refractivity contribution is -0.138. The van der Waals surface area contributed by atoms with Crippen molar-refractivity contribution >= 4 is 29.3 Å². The van der Waals surface area contributed by atoms with E-state index in [4.69, 9.17) is 0 Å². The fraction of sp³-hybridized carbons (Fsp3) is 0.654. The molecule has 35 heavy (non-hydrogen) atoms. The number of carbonyl (C=O) groups is 3. The molecule has 0 aromatic rings. The molecular formula is C26H36FN5O3. The Bertz CT molecular complexity index is 1000. The SMILES string of the molecule is CC(C)C1CC1C(=O)N[C@@H](CC(=O)N1CCCC[C@@H]1C)C(=O)N[C@@H](C)C1=NC2=CC=CC(F)C2=N1. The Kier molecular flexibility index (Phi) is 7.52. The number of carbonyl (C=O) groups excluding carboxylic acids is 3. The molecule has 0 spiro atoms. The van der Waals surface area contributed by atoms with Crippen LogP contribution in [0.1, 0.15) is 59.8 Å². The highest BCUT2D eigenvalue weighted by molar-refractivity contribution is 6.17. The Morgan fingerprint density at radius 1 is 1.17 bits per heavy atom. The summed E-state index contributed by atoms with van der Waals surface area (Å²) in [5.74, 6) is 0.0835. The molecule has 8 nitrogen and oxygen atoms in total. The fourth-order valence-electron chi connectivity index (χ4n) is 5.12. The first kappa shape index (κ1) is 25.3. The third-order valence-corrected chi connectivity index (χ3v) is 7.44. The van der Waals surface area contributed by atoms with Gasteiger partial charge in [-0.3, -0.25) is 14.4 Å². The number of halogens is 1. The smallest absolute Gasteiger partial charge is 0.243 e. The summed E-state index contributed by atoms with van der Waals surface area (Å²) in [6.07, 6.45) is 6.99. The Hall–Kier alpha value is -2.84. The summed E-state index contributed by atoms with van der Waals surface area (Å²) in [5.41, 5.74) is 0.680. The molecule has 0 aromatic heterocycles. The number of nitrogens with one attached hydrogen (secondary N) is 2. The summed E-state index contributed by atoms with van der Waals surface area (Å²) in [5, 5.41) is 5.68. The second kappa shape index (κ2) is 10.4. The van der Waals surface area contributed by atoms with E-state index in [0.29, 0.717) is 29.9 Å². The van der Waals surface area contributed by atoms with Crippen molar-refractivity contribution in [2.45, 2.75) is 84.1 Å². The molecule has 2 heterocycles. The fourth-order valence-corrected chi connectivity index (χ4v) is 5.12. The maximum Gasteiger partial charge on any atom is 0.243 e. The van der Waals surface area contributed by atoms with Crippen LogP contribution < -0.4 is 10.6 Å². The normalized spacial score (nSPS) is 29.0. The molecule has 0 aromatic carbocycles. The number of likely N-dealkylation sites (tertiary alicyclic amines) is 1. The van der Waals surface area contributed by atoms with Crippen molar-refractivity contribution < 1.29 is 18.8 Å². The van der Waals surface area contributed by atoms with E-state index < -0.39 is 24.2 Å². The van der Waals surface area contributed by atoms with Crippen LogP contribution >= 0.6 is 0 Å². The van der Waals surface area contributed by atoms with Crippen LogP contribution in [0.5, 0.6) is 0 Å². The lowest BCUT2D eigenvalue weighted by Crippen LogP contribution is -2.53. The summed E-state index contributed by atoms with van der Waals surface area (Å²) in [7, 11) is 0. The Morgan fingerprint density at radius 2 is 1.94 bits per heavy atom. The van der Waals surface area contributed by atoms with Crippen LogP contribution in [0.2, 0.25) is 0 Å². The predicted octanol–water partition coefficient (Wildman–Crippen LogP) is 2.70. The van der Waals surface area contributed by atoms with E-state index in [1.54, 1.807) is 19.1 Å². The number of alkyl halides is 1. The molecule has 0 bridgehead atoms. The standard InChI is InChI=1S/C26H36FN5O3/c1-14(2)17-12-18(17)25(34)30-21(13-22(33)32-11-6-5-8-15(32)3)26(35)28-16(4)24-29-20-10-7-9-19(27)23(20)31-24/h7,9-10,14-19,21H,5-6,8,11-13H2,1-4H3,(H,28,35)(H,30,34)/t15-,16-,17?,18?,19?,21-/m0/s1. The molecule has 2 aliphatic heterocycles. The van der Waals surface area contributed by atoms with Crippen LogP contribution in [0.4, 0.5) is 4.39 Å². The first-order chi connectivity index (χ1) is 16.7. The van der Waals surface area contributed by atoms with E-state index in [2.05, 4.69) is 34.5 Å². The van der Waals surface area contributed by atoms with Crippen LogP contribution in [-0.2, 0) is 14.4 Å². The highest BCUT2D eigenvalue weighted by Crippen LogP contribution is 2.44. The number of amides is 3. The zero-order valence-electron chi connectivity index (χ0n) is 21.0. The van der Waals surface area contributed by atoms with Gasteiger partial charge in [-0.2, -0.15) is 0 Å². The summed E-state index contributed by atoms with van der Waals surface area (Å²) in [4.78, 5) is 49.7. The lowest BCUT2D eigenvalue weighted by atomic mass is 10.0. The zero-order valence-corrected chi connectivity index (χ0v) is 21.0. The van der Waals surface area contributed by atoms with Crippen molar-refractivity contribution in [1.82, 2.24) is 15.5 Å². The quantitative estimate of drug-likeness (QED) is 0.552. The summed E-state index contributed by atoms with van der Waals surface area (Å²) in [6.45, 7) is 8.56. The number of rotatable bonds is 8. The van der Waals surface area contributed by atoms with E-state index in [1.807, 2.05) is 11.8 Å². The van der Waals surface area contributed by atoms with Gasteiger partial charge in [-0.05, 0) is 63.5 Å². The number of aliphatic imine (C=N–C) groups is 2. The number of hydrogen-bond acceptors (Lipinski definition) is 5. The Labute approximate surface area is 206 Å². The molecule has 2 fully saturated rings. The molecule has 3 unspecified atom stereocenters. The van der Waals surface area contributed by atoms with Gasteiger partial charge < -0.3 is 15.5 Å². The number of hydrogen-bond donors (Lipinski definition) is 2. The van der Waals surface area contributed by atoms with Crippen LogP contribution in [0.3, 0.4) is 0 Å². The highest BCUT2D eigenvalue weighted by Gasteiger charge is 2.45. The number of amidine groups is 1. The zero-order chi connectivity index (χ0) is 25.3. The summed E-state index contributed by atoms with van der Waals surface area (Å²) >= 11 is 0. The highest BCUT2D eigenvalue weighted by atomic mass is 19.1. The molecule has 1 saturated heterocycles. The van der Waals surface area contributed by atoms with Crippen LogP contribution in [0, 0.1) is 17.8 Å². The van der Waals surface area contributed by atoms with Gasteiger partial charge >= 0.3 is 0 Å². The average molecular weight is 486 g/mol. The van der Waals surface area contributed by atoms with Gasteiger partial charge in [0, 0.05) is 18.5 Å². The maximum atomic E-state index is 14.1. The van der Waals surface area contributed by atoms with Crippen molar-refractivity contribution in [3.05, 3.63) is 23.9 Å². The topological polar surface area (TPSA) is 103 Å². The minimum Gasteiger partial charge on any atom is -0.345 e. The van der Waals surface area contributed by atoms with Crippen LogP contribution in [0.25, 0.3) is 0 Å². The van der Waals surface area contributed by atoms with E-state index >= 15 is 0 Å². The number of nitrogens with zero attached hydrogens (tertiary/aromatic N) is 3. The minimum absolute atomic E-state index is 0.101. The van der Waals surface area contributed by atoms with Gasteiger partial charge in [-0.15, -0.1) is 0 Å². The molecule has 190 valence electrons. The Morgan fingerprint density at radius 3 is 2.60 bits per heavy atom. The average Bonchev–Trinajstić information content (AvgIpc) is 3.50. The van der Waals surface area contributed by atoms with Crippen molar-refractivity contribution in [2.75, 3.05) is 6.54 Å². The number of fused-ring (bicyclic) bond motifs is 1. The summed E-state index contributed by atoms with van der Waals surface area (Å²) in [6, 6.07) is -1.49. The number of allylic oxidation sites excluding steroid dienone is 4. The Balaban J connectivity index is 1.44. The largest absolute Gasteiger partial charge is 0.345 e. The van der Waals surface area contributed by atoms with E-state index in [1.165, 1.54) is 6.08 Å². The van der Waals surface area contributed by atoms with Crippen molar-refractivity contribution in [1.29, 1.82) is 0 Å². The molecule has 6 atom stereocenters.